The van der Waals surface area contributed by atoms with Crippen molar-refractivity contribution in [3.05, 3.63) is 28.5 Å². The monoisotopic (exact) mass is 335 g/mol. The molecule has 0 bridgehead atoms. The summed E-state index contributed by atoms with van der Waals surface area (Å²) in [7, 11) is 0. The van der Waals surface area contributed by atoms with E-state index in [0.717, 1.165) is 28.2 Å². The predicted octanol–water partition coefficient (Wildman–Crippen LogP) is 3.31. The summed E-state index contributed by atoms with van der Waals surface area (Å²) in [5.41, 5.74) is 7.66. The summed E-state index contributed by atoms with van der Waals surface area (Å²) in [4.78, 5) is 16.8. The standard InChI is InChI=1S/C14H18BrN5/c1-2-9(16)14-17-7-6-10(18-14)11-12(15)20-13(19-11)8-4-3-5-8/h6-9H,2-5,16H2,1H3,(H,19,20)/t9-/m0/s1. The second kappa shape index (κ2) is 5.61. The molecule has 1 aliphatic rings. The first-order valence-electron chi connectivity index (χ1n) is 7.03. The van der Waals surface area contributed by atoms with E-state index in [1.165, 1.54) is 19.3 Å². The third kappa shape index (κ3) is 2.50. The van der Waals surface area contributed by atoms with Crippen molar-refractivity contribution in [1.29, 1.82) is 0 Å². The molecular formula is C14H18BrN5. The van der Waals surface area contributed by atoms with Gasteiger partial charge in [0, 0.05) is 12.1 Å². The highest BCUT2D eigenvalue weighted by molar-refractivity contribution is 9.10. The maximum atomic E-state index is 6.00. The van der Waals surface area contributed by atoms with Crippen LogP contribution in [-0.4, -0.2) is 19.9 Å². The van der Waals surface area contributed by atoms with Crippen LogP contribution in [0, 0.1) is 0 Å². The molecule has 0 saturated heterocycles. The highest BCUT2D eigenvalue weighted by atomic mass is 79.9. The van der Waals surface area contributed by atoms with Gasteiger partial charge >= 0.3 is 0 Å². The molecule has 1 atom stereocenters. The Labute approximate surface area is 126 Å². The summed E-state index contributed by atoms with van der Waals surface area (Å²) in [5.74, 6) is 2.29. The third-order valence-electron chi connectivity index (χ3n) is 3.86. The topological polar surface area (TPSA) is 80.5 Å². The molecule has 5 nitrogen and oxygen atoms in total. The first-order chi connectivity index (χ1) is 9.69. The number of aromatic amines is 1. The number of imidazole rings is 1. The average molecular weight is 336 g/mol. The summed E-state index contributed by atoms with van der Waals surface area (Å²) in [6, 6.07) is 1.75. The third-order valence-corrected chi connectivity index (χ3v) is 4.43. The molecule has 0 spiro atoms. The van der Waals surface area contributed by atoms with Crippen molar-refractivity contribution in [3.8, 4) is 11.4 Å². The second-order valence-electron chi connectivity index (χ2n) is 5.23. The van der Waals surface area contributed by atoms with Crippen LogP contribution < -0.4 is 5.73 Å². The largest absolute Gasteiger partial charge is 0.336 e. The maximum absolute atomic E-state index is 6.00. The zero-order valence-electron chi connectivity index (χ0n) is 11.4. The molecule has 0 radical (unpaired) electrons. The highest BCUT2D eigenvalue weighted by Gasteiger charge is 2.24. The Morgan fingerprint density at radius 3 is 2.90 bits per heavy atom. The van der Waals surface area contributed by atoms with Crippen molar-refractivity contribution in [1.82, 2.24) is 19.9 Å². The number of nitrogens with two attached hydrogens (primary N) is 1. The lowest BCUT2D eigenvalue weighted by Crippen LogP contribution is -2.13. The van der Waals surface area contributed by atoms with E-state index in [0.29, 0.717) is 11.7 Å². The summed E-state index contributed by atoms with van der Waals surface area (Å²) in [6.07, 6.45) is 6.29. The Bertz CT molecular complexity index is 605. The maximum Gasteiger partial charge on any atom is 0.145 e. The second-order valence-corrected chi connectivity index (χ2v) is 6.02. The minimum Gasteiger partial charge on any atom is -0.336 e. The van der Waals surface area contributed by atoms with Crippen molar-refractivity contribution in [2.75, 3.05) is 0 Å². The number of nitrogens with zero attached hydrogens (tertiary/aromatic N) is 3. The fourth-order valence-electron chi connectivity index (χ4n) is 2.28. The molecule has 1 saturated carbocycles. The zero-order valence-corrected chi connectivity index (χ0v) is 13.0. The molecule has 2 aromatic rings. The number of aromatic nitrogens is 4. The van der Waals surface area contributed by atoms with Crippen molar-refractivity contribution in [2.24, 2.45) is 5.73 Å². The van der Waals surface area contributed by atoms with Crippen molar-refractivity contribution in [3.63, 3.8) is 0 Å². The Balaban J connectivity index is 1.94. The smallest absolute Gasteiger partial charge is 0.145 e. The van der Waals surface area contributed by atoms with Crippen molar-refractivity contribution >= 4 is 15.9 Å². The highest BCUT2D eigenvalue weighted by Crippen LogP contribution is 2.37. The number of hydrogen-bond donors (Lipinski definition) is 2. The quantitative estimate of drug-likeness (QED) is 0.898. The van der Waals surface area contributed by atoms with Crippen LogP contribution in [0.15, 0.2) is 16.9 Å². The van der Waals surface area contributed by atoms with Gasteiger partial charge in [-0.05, 0) is 41.3 Å². The van der Waals surface area contributed by atoms with Gasteiger partial charge in [0.25, 0.3) is 0 Å². The van der Waals surface area contributed by atoms with Gasteiger partial charge in [0.2, 0.25) is 0 Å². The molecule has 2 aromatic heterocycles. The Hall–Kier alpha value is -1.27. The predicted molar refractivity (Wildman–Crippen MR) is 81.1 cm³/mol. The van der Waals surface area contributed by atoms with Gasteiger partial charge in [-0.15, -0.1) is 0 Å². The normalized spacial score (nSPS) is 16.9. The van der Waals surface area contributed by atoms with Crippen molar-refractivity contribution < 1.29 is 0 Å². The van der Waals surface area contributed by atoms with Crippen molar-refractivity contribution in [2.45, 2.75) is 44.6 Å². The summed E-state index contributed by atoms with van der Waals surface area (Å²) >= 11 is 3.54. The minimum atomic E-state index is -0.126. The van der Waals surface area contributed by atoms with Gasteiger partial charge in [-0.2, -0.15) is 0 Å². The van der Waals surface area contributed by atoms with Crippen LogP contribution in [0.5, 0.6) is 0 Å². The minimum absolute atomic E-state index is 0.126. The van der Waals surface area contributed by atoms with E-state index in [2.05, 4.69) is 30.9 Å². The molecule has 3 N–H and O–H groups in total. The molecule has 1 aliphatic carbocycles. The molecule has 20 heavy (non-hydrogen) atoms. The molecule has 106 valence electrons. The van der Waals surface area contributed by atoms with E-state index in [-0.39, 0.29) is 6.04 Å². The fraction of sp³-hybridized carbons (Fsp3) is 0.500. The number of rotatable bonds is 4. The van der Waals surface area contributed by atoms with Crippen LogP contribution >= 0.6 is 15.9 Å². The number of hydrogen-bond acceptors (Lipinski definition) is 4. The number of H-pyrrole nitrogens is 1. The Morgan fingerprint density at radius 1 is 1.45 bits per heavy atom. The van der Waals surface area contributed by atoms with Crippen LogP contribution in [0.2, 0.25) is 0 Å². The molecule has 0 aromatic carbocycles. The van der Waals surface area contributed by atoms with Gasteiger partial charge in [-0.3, -0.25) is 0 Å². The Morgan fingerprint density at radius 2 is 2.25 bits per heavy atom. The molecular weight excluding hydrogens is 318 g/mol. The first kappa shape index (κ1) is 13.7. The molecule has 3 rings (SSSR count). The van der Waals surface area contributed by atoms with Crippen LogP contribution in [0.4, 0.5) is 0 Å². The van der Waals surface area contributed by atoms with Crippen LogP contribution in [0.25, 0.3) is 11.4 Å². The van der Waals surface area contributed by atoms with Gasteiger partial charge < -0.3 is 10.7 Å². The van der Waals surface area contributed by atoms with E-state index < -0.39 is 0 Å². The van der Waals surface area contributed by atoms with Gasteiger partial charge in [0.15, 0.2) is 0 Å². The van der Waals surface area contributed by atoms with Crippen LogP contribution in [0.1, 0.15) is 56.2 Å². The van der Waals surface area contributed by atoms with E-state index in [1.54, 1.807) is 6.20 Å². The lowest BCUT2D eigenvalue weighted by Gasteiger charge is -2.22. The van der Waals surface area contributed by atoms with Gasteiger partial charge in [0.1, 0.15) is 21.9 Å². The van der Waals surface area contributed by atoms with Gasteiger partial charge in [-0.25, -0.2) is 15.0 Å². The molecule has 2 heterocycles. The molecule has 0 aliphatic heterocycles. The Kier molecular flexibility index (Phi) is 3.85. The fourth-order valence-corrected chi connectivity index (χ4v) is 2.78. The van der Waals surface area contributed by atoms with Gasteiger partial charge in [0.05, 0.1) is 11.7 Å². The molecule has 0 unspecified atom stereocenters. The van der Waals surface area contributed by atoms with E-state index >= 15 is 0 Å². The summed E-state index contributed by atoms with van der Waals surface area (Å²) in [5, 5.41) is 0. The molecule has 6 heteroatoms. The lowest BCUT2D eigenvalue weighted by atomic mass is 9.85. The number of halogens is 1. The molecule has 1 fully saturated rings. The first-order valence-corrected chi connectivity index (χ1v) is 7.82. The SMILES string of the molecule is CC[C@H](N)c1nccc(-c2nc(C3CCC3)[nH]c2Br)n1. The van der Waals surface area contributed by atoms with E-state index in [1.807, 2.05) is 13.0 Å². The summed E-state index contributed by atoms with van der Waals surface area (Å²) in [6.45, 7) is 2.03. The summed E-state index contributed by atoms with van der Waals surface area (Å²) < 4.78 is 0.883. The zero-order chi connectivity index (χ0) is 14.1. The van der Waals surface area contributed by atoms with Crippen LogP contribution in [0.3, 0.4) is 0 Å². The number of nitrogens with one attached hydrogen (secondary N) is 1. The van der Waals surface area contributed by atoms with Gasteiger partial charge in [-0.1, -0.05) is 13.3 Å². The van der Waals surface area contributed by atoms with E-state index in [4.69, 9.17) is 10.7 Å². The van der Waals surface area contributed by atoms with E-state index in [9.17, 15) is 0 Å². The molecule has 0 amide bonds. The average Bonchev–Trinajstić information content (AvgIpc) is 2.77. The lowest BCUT2D eigenvalue weighted by molar-refractivity contribution is 0.404. The van der Waals surface area contributed by atoms with Crippen LogP contribution in [-0.2, 0) is 0 Å².